The lowest BCUT2D eigenvalue weighted by Gasteiger charge is -2.52. The SMILES string of the molecule is CCNC(=O)NC1(C2CNCCC2(C)C(=O)O)N=CC=CN1c1cc(-c2cnc(CC)cn2)c2scnc2c1. The van der Waals surface area contributed by atoms with E-state index in [9.17, 15) is 14.7 Å². The van der Waals surface area contributed by atoms with Crippen LogP contribution in [0.2, 0.25) is 0 Å². The van der Waals surface area contributed by atoms with Crippen LogP contribution < -0.4 is 20.9 Å². The van der Waals surface area contributed by atoms with E-state index >= 15 is 0 Å². The molecular formula is C27H32N8O3S. The van der Waals surface area contributed by atoms with Crippen LogP contribution in [0.3, 0.4) is 0 Å². The maximum atomic E-state index is 13.1. The smallest absolute Gasteiger partial charge is 0.318 e. The number of aryl methyl sites for hydroxylation is 1. The molecule has 0 saturated carbocycles. The van der Waals surface area contributed by atoms with Gasteiger partial charge in [0.2, 0.25) is 5.79 Å². The lowest BCUT2D eigenvalue weighted by Crippen LogP contribution is -2.71. The largest absolute Gasteiger partial charge is 0.481 e. The molecule has 3 unspecified atom stereocenters. The molecule has 0 spiro atoms. The maximum Gasteiger partial charge on any atom is 0.318 e. The Morgan fingerprint density at radius 3 is 2.79 bits per heavy atom. The molecule has 1 saturated heterocycles. The van der Waals surface area contributed by atoms with Crippen LogP contribution in [0.1, 0.15) is 32.9 Å². The molecule has 0 aliphatic carbocycles. The number of amides is 2. The fourth-order valence-corrected chi connectivity index (χ4v) is 6.14. The van der Waals surface area contributed by atoms with Crippen molar-refractivity contribution in [3.63, 3.8) is 0 Å². The molecule has 0 radical (unpaired) electrons. The third kappa shape index (κ3) is 4.74. The third-order valence-electron chi connectivity index (χ3n) is 7.55. The van der Waals surface area contributed by atoms with Crippen LogP contribution in [0, 0.1) is 11.3 Å². The number of nitrogens with zero attached hydrogens (tertiary/aromatic N) is 5. The lowest BCUT2D eigenvalue weighted by atomic mass is 9.68. The van der Waals surface area contributed by atoms with Crippen LogP contribution in [-0.4, -0.2) is 63.7 Å². The lowest BCUT2D eigenvalue weighted by molar-refractivity contribution is -0.155. The number of carbonyl (C=O) groups is 2. The molecule has 12 heteroatoms. The third-order valence-corrected chi connectivity index (χ3v) is 8.42. The number of hydrogen-bond acceptors (Lipinski definition) is 9. The van der Waals surface area contributed by atoms with E-state index < -0.39 is 29.1 Å². The van der Waals surface area contributed by atoms with Gasteiger partial charge in [-0.1, -0.05) is 6.92 Å². The Bertz CT molecular complexity index is 1440. The van der Waals surface area contributed by atoms with Gasteiger partial charge in [0.1, 0.15) is 0 Å². The summed E-state index contributed by atoms with van der Waals surface area (Å²) in [6, 6.07) is 3.46. The number of anilines is 1. The molecule has 11 nitrogen and oxygen atoms in total. The van der Waals surface area contributed by atoms with Crippen molar-refractivity contribution in [1.82, 2.24) is 30.9 Å². The van der Waals surface area contributed by atoms with E-state index in [1.807, 2.05) is 37.1 Å². The van der Waals surface area contributed by atoms with E-state index in [4.69, 9.17) is 4.99 Å². The molecule has 2 aliphatic rings. The number of piperidine rings is 1. The van der Waals surface area contributed by atoms with Crippen LogP contribution in [-0.2, 0) is 11.2 Å². The van der Waals surface area contributed by atoms with Gasteiger partial charge in [-0.05, 0) is 51.4 Å². The number of aliphatic carboxylic acids is 1. The number of carboxylic acid groups (broad SMARTS) is 1. The van der Waals surface area contributed by atoms with Crippen molar-refractivity contribution >= 4 is 45.5 Å². The highest BCUT2D eigenvalue weighted by molar-refractivity contribution is 7.17. The Balaban J connectivity index is 1.70. The number of thiazole rings is 1. The predicted octanol–water partition coefficient (Wildman–Crippen LogP) is 3.39. The highest BCUT2D eigenvalue weighted by Gasteiger charge is 2.57. The number of urea groups is 1. The topological polar surface area (TPSA) is 145 Å². The Morgan fingerprint density at radius 2 is 2.08 bits per heavy atom. The van der Waals surface area contributed by atoms with Crippen molar-refractivity contribution < 1.29 is 14.7 Å². The van der Waals surface area contributed by atoms with Gasteiger partial charge in [0.25, 0.3) is 0 Å². The summed E-state index contributed by atoms with van der Waals surface area (Å²) in [5, 5.41) is 19.6. The summed E-state index contributed by atoms with van der Waals surface area (Å²) in [5.74, 6) is -3.00. The standard InChI is InChI=1S/C27H32N8O3S/c1-4-17-13-31-21(14-30-17)19-11-18(12-20-23(19)39-16-32-20)35-10-6-8-33-27(35,34-25(38)29-5-2)22-15-28-9-7-26(22,3)24(36)37/h6,8,10-14,16,22,28H,4-5,7,9,15H2,1-3H3,(H,36,37)(H2,29,34,38). The zero-order valence-electron chi connectivity index (χ0n) is 22.1. The molecule has 3 atom stereocenters. The quantitative estimate of drug-likeness (QED) is 0.352. The number of aromatic nitrogens is 3. The van der Waals surface area contributed by atoms with E-state index in [-0.39, 0.29) is 0 Å². The fraction of sp³-hybridized carbons (Fsp3) is 0.407. The van der Waals surface area contributed by atoms with E-state index in [2.05, 4.69) is 30.9 Å². The van der Waals surface area contributed by atoms with Crippen LogP contribution in [0.15, 0.2) is 47.3 Å². The van der Waals surface area contributed by atoms with Crippen LogP contribution in [0.4, 0.5) is 10.5 Å². The van der Waals surface area contributed by atoms with Crippen molar-refractivity contribution in [2.45, 2.75) is 39.4 Å². The maximum absolute atomic E-state index is 13.1. The highest BCUT2D eigenvalue weighted by atomic mass is 32.1. The second kappa shape index (κ2) is 10.7. The van der Waals surface area contributed by atoms with Crippen LogP contribution in [0.5, 0.6) is 0 Å². The van der Waals surface area contributed by atoms with Crippen molar-refractivity contribution in [1.29, 1.82) is 0 Å². The molecule has 4 heterocycles. The van der Waals surface area contributed by atoms with E-state index in [1.165, 1.54) is 11.3 Å². The van der Waals surface area contributed by atoms with Crippen molar-refractivity contribution in [2.24, 2.45) is 16.3 Å². The second-order valence-electron chi connectivity index (χ2n) is 9.87. The zero-order chi connectivity index (χ0) is 27.6. The first-order chi connectivity index (χ1) is 18.8. The number of benzene rings is 1. The monoisotopic (exact) mass is 548 g/mol. The van der Waals surface area contributed by atoms with E-state index in [0.717, 1.165) is 27.9 Å². The number of carbonyl (C=O) groups excluding carboxylic acids is 1. The summed E-state index contributed by atoms with van der Waals surface area (Å²) < 4.78 is 0.957. The van der Waals surface area contributed by atoms with Crippen LogP contribution in [0.25, 0.3) is 21.5 Å². The molecular weight excluding hydrogens is 516 g/mol. The number of aliphatic imine (C=N–C) groups is 1. The molecule has 2 aromatic heterocycles. The van der Waals surface area contributed by atoms with Gasteiger partial charge in [-0.3, -0.25) is 20.1 Å². The van der Waals surface area contributed by atoms with E-state index in [1.54, 1.807) is 37.1 Å². The summed E-state index contributed by atoms with van der Waals surface area (Å²) >= 11 is 1.51. The van der Waals surface area contributed by atoms with E-state index in [0.29, 0.717) is 37.4 Å². The van der Waals surface area contributed by atoms with Gasteiger partial charge in [0.15, 0.2) is 0 Å². The van der Waals surface area contributed by atoms with Crippen molar-refractivity contribution in [3.05, 3.63) is 48.0 Å². The summed E-state index contributed by atoms with van der Waals surface area (Å²) in [7, 11) is 0. The summed E-state index contributed by atoms with van der Waals surface area (Å²) in [6.45, 7) is 6.88. The minimum Gasteiger partial charge on any atom is -0.481 e. The van der Waals surface area contributed by atoms with Gasteiger partial charge in [0, 0.05) is 43.0 Å². The minimum absolute atomic E-state index is 0.340. The number of fused-ring (bicyclic) bond motifs is 1. The predicted molar refractivity (Wildman–Crippen MR) is 152 cm³/mol. The molecule has 1 fully saturated rings. The zero-order valence-corrected chi connectivity index (χ0v) is 23.0. The normalized spacial score (nSPS) is 24.6. The minimum atomic E-state index is -1.44. The Morgan fingerprint density at radius 1 is 1.23 bits per heavy atom. The first-order valence-electron chi connectivity index (χ1n) is 13.0. The van der Waals surface area contributed by atoms with Gasteiger partial charge >= 0.3 is 12.0 Å². The van der Waals surface area contributed by atoms with Gasteiger partial charge in [-0.15, -0.1) is 11.3 Å². The van der Waals surface area contributed by atoms with Gasteiger partial charge in [-0.2, -0.15) is 0 Å². The molecule has 4 N–H and O–H groups in total. The summed E-state index contributed by atoms with van der Waals surface area (Å²) in [4.78, 5) is 46.2. The molecule has 1 aromatic carbocycles. The van der Waals surface area contributed by atoms with Crippen molar-refractivity contribution in [3.8, 4) is 11.3 Å². The van der Waals surface area contributed by atoms with Gasteiger partial charge < -0.3 is 20.6 Å². The number of carboxylic acids is 1. The summed E-state index contributed by atoms with van der Waals surface area (Å²) in [5.41, 5.74) is 4.50. The molecule has 2 aliphatic heterocycles. The highest BCUT2D eigenvalue weighted by Crippen LogP contribution is 2.46. The molecule has 3 aromatic rings. The average molecular weight is 549 g/mol. The molecule has 204 valence electrons. The number of rotatable bonds is 7. The fourth-order valence-electron chi connectivity index (χ4n) is 5.35. The molecule has 5 rings (SSSR count). The first-order valence-corrected chi connectivity index (χ1v) is 13.9. The Kier molecular flexibility index (Phi) is 7.32. The van der Waals surface area contributed by atoms with Crippen molar-refractivity contribution in [2.75, 3.05) is 24.5 Å². The number of hydrogen-bond donors (Lipinski definition) is 4. The molecule has 0 bridgehead atoms. The number of nitrogens with one attached hydrogen (secondary N) is 3. The molecule has 39 heavy (non-hydrogen) atoms. The summed E-state index contributed by atoms with van der Waals surface area (Å²) in [6.07, 6.45) is 9.89. The average Bonchev–Trinajstić information content (AvgIpc) is 3.42. The van der Waals surface area contributed by atoms with Gasteiger partial charge in [-0.25, -0.2) is 14.8 Å². The Hall–Kier alpha value is -3.90. The second-order valence-corrected chi connectivity index (χ2v) is 10.7. The molecule has 2 amide bonds. The number of allylic oxidation sites excluding steroid dienone is 1. The van der Waals surface area contributed by atoms with Gasteiger partial charge in [0.05, 0.1) is 44.6 Å². The Labute approximate surface area is 230 Å². The van der Waals surface area contributed by atoms with Crippen LogP contribution >= 0.6 is 11.3 Å². The first kappa shape index (κ1) is 26.7.